The van der Waals surface area contributed by atoms with Crippen molar-refractivity contribution in [3.8, 4) is 0 Å². The quantitative estimate of drug-likeness (QED) is 0.701. The first kappa shape index (κ1) is 10.5. The maximum atomic E-state index is 11.6. The zero-order chi connectivity index (χ0) is 11.0. The van der Waals surface area contributed by atoms with E-state index in [1.807, 2.05) is 0 Å². The summed E-state index contributed by atoms with van der Waals surface area (Å²) in [5.74, 6) is -1.66. The topological polar surface area (TPSA) is 63.6 Å². The van der Waals surface area contributed by atoms with Crippen molar-refractivity contribution in [2.45, 2.75) is 25.7 Å². The van der Waals surface area contributed by atoms with Crippen molar-refractivity contribution in [2.75, 3.05) is 7.11 Å². The number of hydrogen-bond acceptors (Lipinski definition) is 3. The lowest BCUT2D eigenvalue weighted by Gasteiger charge is -2.19. The molecule has 15 heavy (non-hydrogen) atoms. The Hall–Kier alpha value is -1.06. The van der Waals surface area contributed by atoms with Gasteiger partial charge in [-0.25, -0.2) is 0 Å². The predicted molar refractivity (Wildman–Crippen MR) is 52.1 cm³/mol. The van der Waals surface area contributed by atoms with Crippen LogP contribution in [0.4, 0.5) is 0 Å². The Bertz CT molecular complexity index is 286. The Balaban J connectivity index is 2.25. The molecule has 4 unspecified atom stereocenters. The number of hydrogen-bond donors (Lipinski definition) is 1. The van der Waals surface area contributed by atoms with Crippen LogP contribution in [0, 0.1) is 23.7 Å². The van der Waals surface area contributed by atoms with E-state index in [1.165, 1.54) is 7.11 Å². The van der Waals surface area contributed by atoms with Gasteiger partial charge >= 0.3 is 11.9 Å². The highest BCUT2D eigenvalue weighted by molar-refractivity contribution is 5.82. The number of esters is 1. The lowest BCUT2D eigenvalue weighted by molar-refractivity contribution is -0.156. The summed E-state index contributed by atoms with van der Waals surface area (Å²) in [5.41, 5.74) is 0. The molecular weight excluding hydrogens is 196 g/mol. The number of fused-ring (bicyclic) bond motifs is 2. The fourth-order valence-electron chi connectivity index (χ4n) is 3.34. The molecule has 2 bridgehead atoms. The van der Waals surface area contributed by atoms with Gasteiger partial charge in [0.1, 0.15) is 0 Å². The molecule has 0 saturated heterocycles. The van der Waals surface area contributed by atoms with Crippen LogP contribution in [0.1, 0.15) is 25.7 Å². The SMILES string of the molecule is COC(=O)C1C2CCCC(C2)C1C(=O)O. The average Bonchev–Trinajstić information content (AvgIpc) is 2.49. The van der Waals surface area contributed by atoms with Crippen LogP contribution >= 0.6 is 0 Å². The van der Waals surface area contributed by atoms with Crippen molar-refractivity contribution >= 4 is 11.9 Å². The summed E-state index contributed by atoms with van der Waals surface area (Å²) in [6.45, 7) is 0. The van der Waals surface area contributed by atoms with Crippen LogP contribution < -0.4 is 0 Å². The summed E-state index contributed by atoms with van der Waals surface area (Å²) in [6, 6.07) is 0. The van der Waals surface area contributed by atoms with Crippen LogP contribution in [0.2, 0.25) is 0 Å². The van der Waals surface area contributed by atoms with E-state index in [0.29, 0.717) is 0 Å². The van der Waals surface area contributed by atoms with Crippen LogP contribution in [0.25, 0.3) is 0 Å². The van der Waals surface area contributed by atoms with Crippen LogP contribution in [0.5, 0.6) is 0 Å². The minimum Gasteiger partial charge on any atom is -0.481 e. The standard InChI is InChI=1S/C11H16O4/c1-15-11(14)9-7-4-2-3-6(5-7)8(9)10(12)13/h6-9H,2-5H2,1H3,(H,12,13). The number of rotatable bonds is 2. The third kappa shape index (κ3) is 1.62. The summed E-state index contributed by atoms with van der Waals surface area (Å²) in [4.78, 5) is 22.8. The molecule has 4 atom stereocenters. The number of carbonyl (C=O) groups excluding carboxylic acids is 1. The van der Waals surface area contributed by atoms with Crippen molar-refractivity contribution < 1.29 is 19.4 Å². The van der Waals surface area contributed by atoms with Crippen molar-refractivity contribution in [3.05, 3.63) is 0 Å². The number of carboxylic acids is 1. The molecule has 2 saturated carbocycles. The first-order valence-corrected chi connectivity index (χ1v) is 5.45. The number of aliphatic carboxylic acids is 1. The third-order valence-electron chi connectivity index (χ3n) is 3.92. The molecule has 0 amide bonds. The van der Waals surface area contributed by atoms with E-state index < -0.39 is 17.8 Å². The molecule has 84 valence electrons. The van der Waals surface area contributed by atoms with Crippen molar-refractivity contribution in [2.24, 2.45) is 23.7 Å². The second-order valence-corrected chi connectivity index (χ2v) is 4.60. The maximum absolute atomic E-state index is 11.6. The van der Waals surface area contributed by atoms with Gasteiger partial charge in [0.15, 0.2) is 0 Å². The van der Waals surface area contributed by atoms with E-state index in [4.69, 9.17) is 9.84 Å². The summed E-state index contributed by atoms with van der Waals surface area (Å²) >= 11 is 0. The van der Waals surface area contributed by atoms with Gasteiger partial charge in [-0.1, -0.05) is 6.42 Å². The minimum absolute atomic E-state index is 0.186. The molecule has 0 radical (unpaired) electrons. The fraction of sp³-hybridized carbons (Fsp3) is 0.818. The van der Waals surface area contributed by atoms with Gasteiger partial charge in [-0.2, -0.15) is 0 Å². The largest absolute Gasteiger partial charge is 0.481 e. The summed E-state index contributed by atoms with van der Waals surface area (Å²) in [5, 5.41) is 9.17. The average molecular weight is 212 g/mol. The van der Waals surface area contributed by atoms with Crippen LogP contribution in [0.3, 0.4) is 0 Å². The zero-order valence-electron chi connectivity index (χ0n) is 8.81. The summed E-state index contributed by atoms with van der Waals surface area (Å²) < 4.78 is 4.72. The Morgan fingerprint density at radius 3 is 2.33 bits per heavy atom. The normalized spacial score (nSPS) is 38.7. The second kappa shape index (κ2) is 3.83. The van der Waals surface area contributed by atoms with E-state index in [1.54, 1.807) is 0 Å². The van der Waals surface area contributed by atoms with E-state index >= 15 is 0 Å². The molecule has 1 N–H and O–H groups in total. The molecule has 2 rings (SSSR count). The first-order valence-electron chi connectivity index (χ1n) is 5.45. The van der Waals surface area contributed by atoms with Crippen LogP contribution in [-0.2, 0) is 14.3 Å². The predicted octanol–water partition coefficient (Wildman–Crippen LogP) is 1.30. The van der Waals surface area contributed by atoms with Crippen molar-refractivity contribution in [3.63, 3.8) is 0 Å². The van der Waals surface area contributed by atoms with Crippen LogP contribution in [0.15, 0.2) is 0 Å². The maximum Gasteiger partial charge on any atom is 0.309 e. The highest BCUT2D eigenvalue weighted by atomic mass is 16.5. The van der Waals surface area contributed by atoms with Gasteiger partial charge in [-0.15, -0.1) is 0 Å². The number of ether oxygens (including phenoxy) is 1. The van der Waals surface area contributed by atoms with E-state index in [-0.39, 0.29) is 17.8 Å². The van der Waals surface area contributed by atoms with Gasteiger partial charge in [-0.3, -0.25) is 9.59 Å². The smallest absolute Gasteiger partial charge is 0.309 e. The zero-order valence-corrected chi connectivity index (χ0v) is 8.81. The molecule has 0 aromatic heterocycles. The molecule has 0 heterocycles. The second-order valence-electron chi connectivity index (χ2n) is 4.60. The highest BCUT2D eigenvalue weighted by Gasteiger charge is 2.52. The van der Waals surface area contributed by atoms with Gasteiger partial charge in [0.05, 0.1) is 18.9 Å². The summed E-state index contributed by atoms with van der Waals surface area (Å²) in [7, 11) is 1.34. The number of methoxy groups -OCH3 is 1. The third-order valence-corrected chi connectivity index (χ3v) is 3.92. The van der Waals surface area contributed by atoms with Gasteiger partial charge in [0.2, 0.25) is 0 Å². The van der Waals surface area contributed by atoms with Gasteiger partial charge in [0.25, 0.3) is 0 Å². The molecule has 2 aliphatic carbocycles. The Kier molecular flexibility index (Phi) is 2.67. The number of carbonyl (C=O) groups is 2. The minimum atomic E-state index is -0.834. The lowest BCUT2D eigenvalue weighted by Crippen LogP contribution is -2.31. The van der Waals surface area contributed by atoms with E-state index in [0.717, 1.165) is 25.7 Å². The Morgan fingerprint density at radius 1 is 1.20 bits per heavy atom. The molecule has 2 fully saturated rings. The monoisotopic (exact) mass is 212 g/mol. The van der Waals surface area contributed by atoms with Gasteiger partial charge in [0, 0.05) is 0 Å². The lowest BCUT2D eigenvalue weighted by atomic mass is 9.87. The molecule has 0 aliphatic heterocycles. The molecular formula is C11H16O4. The van der Waals surface area contributed by atoms with Gasteiger partial charge in [-0.05, 0) is 31.1 Å². The van der Waals surface area contributed by atoms with E-state index in [9.17, 15) is 9.59 Å². The van der Waals surface area contributed by atoms with Gasteiger partial charge < -0.3 is 9.84 Å². The Morgan fingerprint density at radius 2 is 1.80 bits per heavy atom. The highest BCUT2D eigenvalue weighted by Crippen LogP contribution is 2.50. The van der Waals surface area contributed by atoms with E-state index in [2.05, 4.69) is 0 Å². The molecule has 0 aromatic rings. The molecule has 2 aliphatic rings. The Labute approximate surface area is 88.6 Å². The molecule has 4 nitrogen and oxygen atoms in total. The van der Waals surface area contributed by atoms with Crippen molar-refractivity contribution in [1.82, 2.24) is 0 Å². The molecule has 4 heteroatoms. The fourth-order valence-corrected chi connectivity index (χ4v) is 3.34. The number of carboxylic acid groups (broad SMARTS) is 1. The first-order chi connectivity index (χ1) is 7.15. The molecule has 0 aromatic carbocycles. The van der Waals surface area contributed by atoms with Crippen LogP contribution in [-0.4, -0.2) is 24.2 Å². The summed E-state index contributed by atoms with van der Waals surface area (Å²) in [6.07, 6.45) is 3.85. The van der Waals surface area contributed by atoms with Crippen molar-refractivity contribution in [1.29, 1.82) is 0 Å². The molecule has 0 spiro atoms.